The number of esters is 1. The molecule has 0 aliphatic carbocycles. The third kappa shape index (κ3) is 9.97. The number of carbonyl (C=O) groups is 1. The Morgan fingerprint density at radius 3 is 2.38 bits per heavy atom. The lowest BCUT2D eigenvalue weighted by molar-refractivity contribution is -0.140. The molecule has 1 atom stereocenters. The summed E-state index contributed by atoms with van der Waals surface area (Å²) in [6.07, 6.45) is 8.60. The molecule has 0 bridgehead atoms. The maximum Gasteiger partial charge on any atom is 0.305 e. The zero-order valence-corrected chi connectivity index (χ0v) is 10.7. The van der Waals surface area contributed by atoms with Gasteiger partial charge in [-0.3, -0.25) is 4.79 Å². The molecule has 1 N–H and O–H groups in total. The fraction of sp³-hybridized carbons (Fsp3) is 0.923. The van der Waals surface area contributed by atoms with E-state index in [1.807, 2.05) is 0 Å². The average molecular weight is 230 g/mol. The lowest BCUT2D eigenvalue weighted by atomic mass is 10.0. The molecule has 0 saturated carbocycles. The number of carbonyl (C=O) groups excluding carboxylic acids is 1. The minimum absolute atomic E-state index is 0.185. The number of unbranched alkanes of at least 4 members (excludes halogenated alkanes) is 4. The molecule has 0 saturated heterocycles. The zero-order valence-electron chi connectivity index (χ0n) is 10.7. The Bertz CT molecular complexity index is 169. The first-order chi connectivity index (χ1) is 7.70. The van der Waals surface area contributed by atoms with E-state index in [1.54, 1.807) is 0 Å². The second kappa shape index (κ2) is 10.9. The molecular formula is C13H26O3. The van der Waals surface area contributed by atoms with Gasteiger partial charge in [0.05, 0.1) is 13.2 Å². The van der Waals surface area contributed by atoms with E-state index in [4.69, 9.17) is 0 Å². The van der Waals surface area contributed by atoms with Crippen LogP contribution in [0.4, 0.5) is 0 Å². The van der Waals surface area contributed by atoms with E-state index in [2.05, 4.69) is 11.7 Å². The highest BCUT2D eigenvalue weighted by atomic mass is 16.5. The summed E-state index contributed by atoms with van der Waals surface area (Å²) in [6.45, 7) is 2.20. The molecule has 96 valence electrons. The molecule has 0 amide bonds. The highest BCUT2D eigenvalue weighted by molar-refractivity contribution is 5.68. The Hall–Kier alpha value is -0.570. The van der Waals surface area contributed by atoms with Crippen molar-refractivity contribution in [1.29, 1.82) is 0 Å². The highest BCUT2D eigenvalue weighted by Crippen LogP contribution is 2.11. The van der Waals surface area contributed by atoms with Gasteiger partial charge in [0.1, 0.15) is 0 Å². The third-order valence-electron chi connectivity index (χ3n) is 2.79. The molecule has 0 aromatic carbocycles. The quantitative estimate of drug-likeness (QED) is 0.463. The number of hydrogen-bond acceptors (Lipinski definition) is 3. The lowest BCUT2D eigenvalue weighted by Crippen LogP contribution is -2.08. The molecule has 0 aromatic rings. The molecule has 0 heterocycles. The van der Waals surface area contributed by atoms with Crippen LogP contribution in [0.25, 0.3) is 0 Å². The van der Waals surface area contributed by atoms with E-state index in [0.29, 0.717) is 12.8 Å². The number of rotatable bonds is 10. The van der Waals surface area contributed by atoms with E-state index < -0.39 is 0 Å². The van der Waals surface area contributed by atoms with Crippen LogP contribution in [0.3, 0.4) is 0 Å². The number of ether oxygens (including phenoxy) is 1. The van der Waals surface area contributed by atoms with E-state index >= 15 is 0 Å². The Labute approximate surface area is 99.2 Å². The molecule has 0 radical (unpaired) electrons. The second-order valence-corrected chi connectivity index (χ2v) is 4.33. The zero-order chi connectivity index (χ0) is 12.2. The largest absolute Gasteiger partial charge is 0.469 e. The smallest absolute Gasteiger partial charge is 0.305 e. The SMILES string of the molecule is CCCCCCCC(O)CCCC(=O)OC. The normalized spacial score (nSPS) is 12.4. The first-order valence-electron chi connectivity index (χ1n) is 6.45. The van der Waals surface area contributed by atoms with Crippen LogP contribution >= 0.6 is 0 Å². The molecule has 0 fully saturated rings. The molecule has 3 heteroatoms. The molecule has 16 heavy (non-hydrogen) atoms. The van der Waals surface area contributed by atoms with Crippen LogP contribution in [0, 0.1) is 0 Å². The van der Waals surface area contributed by atoms with E-state index in [0.717, 1.165) is 19.3 Å². The number of aliphatic hydroxyl groups is 1. The number of hydrogen-bond donors (Lipinski definition) is 1. The van der Waals surface area contributed by atoms with Crippen LogP contribution in [0.2, 0.25) is 0 Å². The topological polar surface area (TPSA) is 46.5 Å². The predicted molar refractivity (Wildman–Crippen MR) is 65.2 cm³/mol. The van der Waals surface area contributed by atoms with Gasteiger partial charge >= 0.3 is 5.97 Å². The minimum Gasteiger partial charge on any atom is -0.469 e. The molecule has 3 nitrogen and oxygen atoms in total. The summed E-state index contributed by atoms with van der Waals surface area (Å²) < 4.78 is 4.54. The summed E-state index contributed by atoms with van der Waals surface area (Å²) in [5, 5.41) is 9.64. The van der Waals surface area contributed by atoms with Gasteiger partial charge in [0.25, 0.3) is 0 Å². The van der Waals surface area contributed by atoms with Crippen LogP contribution in [0.1, 0.15) is 64.7 Å². The third-order valence-corrected chi connectivity index (χ3v) is 2.79. The Morgan fingerprint density at radius 2 is 1.75 bits per heavy atom. The van der Waals surface area contributed by atoms with Gasteiger partial charge < -0.3 is 9.84 Å². The van der Waals surface area contributed by atoms with Crippen molar-refractivity contribution in [2.45, 2.75) is 70.8 Å². The highest BCUT2D eigenvalue weighted by Gasteiger charge is 2.06. The summed E-state index contributed by atoms with van der Waals surface area (Å²) >= 11 is 0. The molecule has 0 spiro atoms. The maximum absolute atomic E-state index is 10.8. The van der Waals surface area contributed by atoms with Crippen molar-refractivity contribution in [2.24, 2.45) is 0 Å². The van der Waals surface area contributed by atoms with Gasteiger partial charge in [-0.15, -0.1) is 0 Å². The van der Waals surface area contributed by atoms with Crippen molar-refractivity contribution < 1.29 is 14.6 Å². The molecule has 0 rings (SSSR count). The molecule has 0 aliphatic rings. The van der Waals surface area contributed by atoms with Gasteiger partial charge in [-0.05, 0) is 19.3 Å². The lowest BCUT2D eigenvalue weighted by Gasteiger charge is -2.09. The summed E-state index contributed by atoms with van der Waals surface area (Å²) in [5.74, 6) is -0.185. The van der Waals surface area contributed by atoms with Gasteiger partial charge in [-0.25, -0.2) is 0 Å². The summed E-state index contributed by atoms with van der Waals surface area (Å²) in [5.41, 5.74) is 0. The van der Waals surface area contributed by atoms with Gasteiger partial charge in [-0.1, -0.05) is 39.0 Å². The number of methoxy groups -OCH3 is 1. The predicted octanol–water partition coefficient (Wildman–Crippen LogP) is 3.05. The molecule has 0 aliphatic heterocycles. The van der Waals surface area contributed by atoms with Crippen LogP contribution in [-0.2, 0) is 9.53 Å². The van der Waals surface area contributed by atoms with Gasteiger partial charge in [0.15, 0.2) is 0 Å². The second-order valence-electron chi connectivity index (χ2n) is 4.33. The van der Waals surface area contributed by atoms with Crippen molar-refractivity contribution in [3.63, 3.8) is 0 Å². The first kappa shape index (κ1) is 15.4. The van der Waals surface area contributed by atoms with Crippen LogP contribution in [-0.4, -0.2) is 24.3 Å². The maximum atomic E-state index is 10.8. The van der Waals surface area contributed by atoms with Crippen molar-refractivity contribution in [3.05, 3.63) is 0 Å². The van der Waals surface area contributed by atoms with E-state index in [9.17, 15) is 9.90 Å². The Kier molecular flexibility index (Phi) is 10.5. The van der Waals surface area contributed by atoms with Gasteiger partial charge in [-0.2, -0.15) is 0 Å². The van der Waals surface area contributed by atoms with Crippen LogP contribution < -0.4 is 0 Å². The van der Waals surface area contributed by atoms with Gasteiger partial charge in [0, 0.05) is 6.42 Å². The average Bonchev–Trinajstić information content (AvgIpc) is 2.28. The van der Waals surface area contributed by atoms with E-state index in [-0.39, 0.29) is 12.1 Å². The summed E-state index contributed by atoms with van der Waals surface area (Å²) in [4.78, 5) is 10.8. The molecule has 0 aromatic heterocycles. The fourth-order valence-corrected chi connectivity index (χ4v) is 1.71. The molecular weight excluding hydrogens is 204 g/mol. The van der Waals surface area contributed by atoms with Crippen molar-refractivity contribution in [1.82, 2.24) is 0 Å². The van der Waals surface area contributed by atoms with Gasteiger partial charge in [0.2, 0.25) is 0 Å². The number of aliphatic hydroxyl groups excluding tert-OH is 1. The standard InChI is InChI=1S/C13H26O3/c1-3-4-5-6-7-9-12(14)10-8-11-13(15)16-2/h12,14H,3-11H2,1-2H3. The van der Waals surface area contributed by atoms with Crippen molar-refractivity contribution in [3.8, 4) is 0 Å². The van der Waals surface area contributed by atoms with Crippen molar-refractivity contribution >= 4 is 5.97 Å². The van der Waals surface area contributed by atoms with Crippen LogP contribution in [0.15, 0.2) is 0 Å². The Morgan fingerprint density at radius 1 is 1.12 bits per heavy atom. The van der Waals surface area contributed by atoms with Crippen molar-refractivity contribution in [2.75, 3.05) is 7.11 Å². The first-order valence-corrected chi connectivity index (χ1v) is 6.45. The monoisotopic (exact) mass is 230 g/mol. The van der Waals surface area contributed by atoms with E-state index in [1.165, 1.54) is 32.8 Å². The summed E-state index contributed by atoms with van der Waals surface area (Å²) in [7, 11) is 1.40. The fourth-order valence-electron chi connectivity index (χ4n) is 1.71. The molecule has 1 unspecified atom stereocenters. The van der Waals surface area contributed by atoms with Crippen LogP contribution in [0.5, 0.6) is 0 Å². The minimum atomic E-state index is -0.244. The summed E-state index contributed by atoms with van der Waals surface area (Å²) in [6, 6.07) is 0. The Balaban J connectivity index is 3.24.